The molecule has 0 radical (unpaired) electrons. The summed E-state index contributed by atoms with van der Waals surface area (Å²) in [5, 5.41) is 10.7. The lowest BCUT2D eigenvalue weighted by Crippen LogP contribution is -2.30. The number of phosphoric acid groups is 2. The number of aliphatic hydroxyl groups is 1. The van der Waals surface area contributed by atoms with Gasteiger partial charge in [-0.3, -0.25) is 37.3 Å². The zero-order valence-electron chi connectivity index (χ0n) is 71.3. The summed E-state index contributed by atoms with van der Waals surface area (Å²) in [4.78, 5) is 73.3. The number of phosphoric ester groups is 2. The fraction of sp³-hybridized carbons (Fsp3) is 0.955. The molecule has 0 saturated heterocycles. The lowest BCUT2D eigenvalue weighted by Gasteiger charge is -2.21. The van der Waals surface area contributed by atoms with Crippen molar-refractivity contribution in [2.75, 3.05) is 39.6 Å². The minimum Gasteiger partial charge on any atom is -0.462 e. The largest absolute Gasteiger partial charge is 0.472 e. The molecule has 0 aliphatic carbocycles. The summed E-state index contributed by atoms with van der Waals surface area (Å²) < 4.78 is 69.0. The van der Waals surface area contributed by atoms with Crippen LogP contribution in [-0.2, 0) is 65.4 Å². The molecule has 19 heteroatoms. The van der Waals surface area contributed by atoms with Crippen molar-refractivity contribution in [1.29, 1.82) is 0 Å². The lowest BCUT2D eigenvalue weighted by molar-refractivity contribution is -0.161. The van der Waals surface area contributed by atoms with E-state index in [2.05, 4.69) is 48.5 Å². The van der Waals surface area contributed by atoms with Gasteiger partial charge >= 0.3 is 39.5 Å². The van der Waals surface area contributed by atoms with E-state index in [-0.39, 0.29) is 25.7 Å². The van der Waals surface area contributed by atoms with E-state index in [4.69, 9.17) is 37.0 Å². The van der Waals surface area contributed by atoms with Crippen LogP contribution in [0.25, 0.3) is 0 Å². The van der Waals surface area contributed by atoms with Crippen LogP contribution >= 0.6 is 15.6 Å². The molecule has 3 N–H and O–H groups in total. The number of aliphatic hydroxyl groups excluding tert-OH is 1. The smallest absolute Gasteiger partial charge is 0.462 e. The van der Waals surface area contributed by atoms with E-state index in [1.54, 1.807) is 0 Å². The van der Waals surface area contributed by atoms with Gasteiger partial charge in [0.1, 0.15) is 19.3 Å². The van der Waals surface area contributed by atoms with Gasteiger partial charge in [0.15, 0.2) is 12.2 Å². The topological polar surface area (TPSA) is 237 Å². The third-order valence-electron chi connectivity index (χ3n) is 20.9. The van der Waals surface area contributed by atoms with E-state index < -0.39 is 97.5 Å². The van der Waals surface area contributed by atoms with E-state index in [0.29, 0.717) is 25.7 Å². The molecule has 0 aromatic carbocycles. The molecule has 0 aromatic rings. The van der Waals surface area contributed by atoms with E-state index >= 15 is 0 Å². The quantitative estimate of drug-likeness (QED) is 0.0222. The molecule has 642 valence electrons. The molecule has 0 fully saturated rings. The average molecular weight is 1580 g/mol. The molecule has 0 amide bonds. The van der Waals surface area contributed by atoms with Crippen LogP contribution in [0.4, 0.5) is 0 Å². The zero-order chi connectivity index (χ0) is 79.3. The van der Waals surface area contributed by atoms with Crippen LogP contribution in [0.2, 0.25) is 0 Å². The summed E-state index contributed by atoms with van der Waals surface area (Å²) in [6.45, 7) is 12.0. The van der Waals surface area contributed by atoms with Gasteiger partial charge in [-0.25, -0.2) is 9.13 Å². The molecule has 0 aromatic heterocycles. The molecule has 5 atom stereocenters. The van der Waals surface area contributed by atoms with Gasteiger partial charge in [-0.1, -0.05) is 421 Å². The molecule has 17 nitrogen and oxygen atoms in total. The summed E-state index contributed by atoms with van der Waals surface area (Å²) in [7, 11) is -9.93. The first-order valence-corrected chi connectivity index (χ1v) is 48.8. The molecule has 108 heavy (non-hydrogen) atoms. The highest BCUT2D eigenvalue weighted by Gasteiger charge is 2.31. The summed E-state index contributed by atoms with van der Waals surface area (Å²) in [6, 6.07) is 0. The van der Waals surface area contributed by atoms with E-state index in [1.165, 1.54) is 283 Å². The Balaban J connectivity index is 5.24. The van der Waals surface area contributed by atoms with Crippen molar-refractivity contribution in [3.05, 3.63) is 0 Å². The third-order valence-corrected chi connectivity index (χ3v) is 22.8. The SMILES string of the molecule is CCCCCCCCCCCCCCCCCCCCCCC(=O)O[C@H](COC(=O)CCCCCCCCCCCCCCCCCCC(C)C)COP(=O)(O)OC[C@@H](O)COP(=O)(O)OC[C@@H](COC(=O)CCCCCCCCCCC(C)C)OC(=O)CCCCCCCCCCCCCCCCCC(C)C. The van der Waals surface area contributed by atoms with Gasteiger partial charge < -0.3 is 33.8 Å². The number of carbonyl (C=O) groups excluding carboxylic acids is 4. The molecular formula is C89H174O17P2. The Hall–Kier alpha value is -1.94. The van der Waals surface area contributed by atoms with Crippen molar-refractivity contribution in [1.82, 2.24) is 0 Å². The summed E-state index contributed by atoms with van der Waals surface area (Å²) >= 11 is 0. The Morgan fingerprint density at radius 2 is 0.426 bits per heavy atom. The molecule has 0 heterocycles. The van der Waals surface area contributed by atoms with Crippen molar-refractivity contribution in [3.63, 3.8) is 0 Å². The first-order valence-electron chi connectivity index (χ1n) is 45.8. The number of esters is 4. The Morgan fingerprint density at radius 1 is 0.250 bits per heavy atom. The Labute approximate surface area is 664 Å². The molecule has 0 spiro atoms. The number of unbranched alkanes of at least 4 members (excludes halogenated alkanes) is 55. The molecule has 0 bridgehead atoms. The molecule has 0 aliphatic rings. The maximum absolute atomic E-state index is 13.2. The van der Waals surface area contributed by atoms with Crippen molar-refractivity contribution < 1.29 is 80.2 Å². The van der Waals surface area contributed by atoms with Crippen LogP contribution in [0.1, 0.15) is 472 Å². The molecule has 0 saturated carbocycles. The van der Waals surface area contributed by atoms with Gasteiger partial charge in [0.2, 0.25) is 0 Å². The second kappa shape index (κ2) is 78.9. The Bertz CT molecular complexity index is 2080. The van der Waals surface area contributed by atoms with Crippen LogP contribution in [-0.4, -0.2) is 96.7 Å². The standard InChI is InChI=1S/C89H174O17P2/c1-8-9-10-11-12-13-14-15-16-17-18-19-20-27-32-37-42-51-58-65-72-88(93)105-84(76-99-86(91)70-63-56-49-41-36-31-26-22-21-24-29-34-39-46-53-60-67-80(2)3)78-103-107(95,96)101-74-83(90)75-102-108(97,98)104-79-85(77-100-87(92)71-64-57-50-45-44-48-55-62-69-82(6)7)106-89(94)73-66-59-52-43-38-33-28-23-25-30-35-40-47-54-61-68-81(4)5/h80-85,90H,8-79H2,1-7H3,(H,95,96)(H,97,98)/t83-,84-,85-/m1/s1. The number of carbonyl (C=O) groups is 4. The minimum absolute atomic E-state index is 0.107. The van der Waals surface area contributed by atoms with Crippen molar-refractivity contribution in [2.24, 2.45) is 17.8 Å². The highest BCUT2D eigenvalue weighted by molar-refractivity contribution is 7.47. The van der Waals surface area contributed by atoms with Crippen molar-refractivity contribution in [2.45, 2.75) is 491 Å². The maximum atomic E-state index is 13.2. The first-order chi connectivity index (χ1) is 52.2. The number of rotatable bonds is 87. The van der Waals surface area contributed by atoms with E-state index in [9.17, 15) is 43.2 Å². The third kappa shape index (κ3) is 82.1. The minimum atomic E-state index is -4.97. The van der Waals surface area contributed by atoms with Crippen LogP contribution in [0, 0.1) is 17.8 Å². The summed E-state index contributed by atoms with van der Waals surface area (Å²) in [5.74, 6) is 0.240. The fourth-order valence-corrected chi connectivity index (χ4v) is 15.5. The monoisotopic (exact) mass is 1580 g/mol. The van der Waals surface area contributed by atoms with Gasteiger partial charge in [-0.15, -0.1) is 0 Å². The fourth-order valence-electron chi connectivity index (χ4n) is 13.9. The van der Waals surface area contributed by atoms with Crippen LogP contribution in [0.3, 0.4) is 0 Å². The molecular weight excluding hydrogens is 1400 g/mol. The Kier molecular flexibility index (Phi) is 77.5. The highest BCUT2D eigenvalue weighted by atomic mass is 31.2. The predicted octanol–water partition coefficient (Wildman–Crippen LogP) is 27.3. The second-order valence-corrected chi connectivity index (χ2v) is 36.3. The van der Waals surface area contributed by atoms with E-state index in [0.717, 1.165) is 108 Å². The summed E-state index contributed by atoms with van der Waals surface area (Å²) in [5.41, 5.74) is 0. The first kappa shape index (κ1) is 106. The number of hydrogen-bond donors (Lipinski definition) is 3. The molecule has 2 unspecified atom stereocenters. The summed E-state index contributed by atoms with van der Waals surface area (Å²) in [6.07, 6.45) is 70.9. The highest BCUT2D eigenvalue weighted by Crippen LogP contribution is 2.45. The van der Waals surface area contributed by atoms with Gasteiger partial charge in [0.25, 0.3) is 0 Å². The van der Waals surface area contributed by atoms with Crippen molar-refractivity contribution in [3.8, 4) is 0 Å². The number of hydrogen-bond acceptors (Lipinski definition) is 15. The van der Waals surface area contributed by atoms with Crippen LogP contribution < -0.4 is 0 Å². The average Bonchev–Trinajstić information content (AvgIpc) is 0.900. The Morgan fingerprint density at radius 3 is 0.630 bits per heavy atom. The van der Waals surface area contributed by atoms with Gasteiger partial charge in [0, 0.05) is 25.7 Å². The molecule has 0 aliphatic heterocycles. The lowest BCUT2D eigenvalue weighted by atomic mass is 10.0. The number of ether oxygens (including phenoxy) is 4. The van der Waals surface area contributed by atoms with Crippen molar-refractivity contribution >= 4 is 39.5 Å². The maximum Gasteiger partial charge on any atom is 0.472 e. The van der Waals surface area contributed by atoms with Crippen LogP contribution in [0.5, 0.6) is 0 Å². The predicted molar refractivity (Wildman–Crippen MR) is 446 cm³/mol. The zero-order valence-corrected chi connectivity index (χ0v) is 73.1. The van der Waals surface area contributed by atoms with Crippen LogP contribution in [0.15, 0.2) is 0 Å². The normalized spacial score (nSPS) is 13.8. The van der Waals surface area contributed by atoms with Gasteiger partial charge in [-0.2, -0.15) is 0 Å². The van der Waals surface area contributed by atoms with Gasteiger partial charge in [0.05, 0.1) is 26.4 Å². The van der Waals surface area contributed by atoms with E-state index in [1.807, 2.05) is 0 Å². The molecule has 0 rings (SSSR count). The van der Waals surface area contributed by atoms with Gasteiger partial charge in [-0.05, 0) is 43.4 Å². The second-order valence-electron chi connectivity index (χ2n) is 33.4.